The molecule has 2 aromatic rings. The minimum absolute atomic E-state index is 0.0244. The minimum atomic E-state index is -0.233. The zero-order valence-corrected chi connectivity index (χ0v) is 15.3. The summed E-state index contributed by atoms with van der Waals surface area (Å²) in [5.74, 6) is 1.49. The van der Waals surface area contributed by atoms with Gasteiger partial charge in [0.1, 0.15) is 23.2 Å². The lowest BCUT2D eigenvalue weighted by Crippen LogP contribution is -2.39. The summed E-state index contributed by atoms with van der Waals surface area (Å²) >= 11 is 0. The smallest absolute Gasteiger partial charge is 0.272 e. The van der Waals surface area contributed by atoms with Gasteiger partial charge in [-0.3, -0.25) is 4.79 Å². The van der Waals surface area contributed by atoms with Gasteiger partial charge in [-0.15, -0.1) is 0 Å². The molecule has 1 atom stereocenters. The number of piperidine rings is 1. The number of amides is 1. The quantitative estimate of drug-likeness (QED) is 0.891. The average molecular weight is 356 g/mol. The van der Waals surface area contributed by atoms with Crippen LogP contribution in [0.3, 0.4) is 0 Å². The van der Waals surface area contributed by atoms with Crippen molar-refractivity contribution in [1.29, 1.82) is 0 Å². The van der Waals surface area contributed by atoms with Crippen LogP contribution in [0.1, 0.15) is 41.6 Å². The molecule has 26 heavy (non-hydrogen) atoms. The lowest BCUT2D eigenvalue weighted by Gasteiger charge is -2.30. The highest BCUT2D eigenvalue weighted by Gasteiger charge is 2.23. The van der Waals surface area contributed by atoms with Gasteiger partial charge in [0.05, 0.1) is 0 Å². The monoisotopic (exact) mass is 356 g/mol. The number of aryl methyl sites for hydroxylation is 1. The summed E-state index contributed by atoms with van der Waals surface area (Å²) < 4.78 is 12.9. The zero-order chi connectivity index (χ0) is 18.5. The number of rotatable bonds is 5. The van der Waals surface area contributed by atoms with E-state index in [2.05, 4.69) is 22.2 Å². The number of halogens is 1. The van der Waals surface area contributed by atoms with Crippen molar-refractivity contribution >= 4 is 11.7 Å². The molecule has 3 rings (SSSR count). The van der Waals surface area contributed by atoms with Crippen LogP contribution < -0.4 is 5.32 Å². The number of carbonyl (C=O) groups excluding carboxylic acids is 1. The zero-order valence-electron chi connectivity index (χ0n) is 15.3. The molecule has 1 N–H and O–H groups in total. The van der Waals surface area contributed by atoms with E-state index in [1.807, 2.05) is 4.90 Å². The van der Waals surface area contributed by atoms with Crippen molar-refractivity contribution in [1.82, 2.24) is 14.9 Å². The van der Waals surface area contributed by atoms with E-state index in [0.717, 1.165) is 31.5 Å². The highest BCUT2D eigenvalue weighted by atomic mass is 19.1. The van der Waals surface area contributed by atoms with E-state index in [4.69, 9.17) is 0 Å². The first-order chi connectivity index (χ1) is 12.5. The number of nitrogens with one attached hydrogen (secondary N) is 1. The Kier molecular flexibility index (Phi) is 5.81. The topological polar surface area (TPSA) is 58.1 Å². The molecule has 1 amide bonds. The van der Waals surface area contributed by atoms with E-state index in [-0.39, 0.29) is 11.7 Å². The number of hydrogen-bond acceptors (Lipinski definition) is 4. The molecular weight excluding hydrogens is 331 g/mol. The summed E-state index contributed by atoms with van der Waals surface area (Å²) in [6, 6.07) is 8.18. The van der Waals surface area contributed by atoms with Gasteiger partial charge < -0.3 is 10.2 Å². The van der Waals surface area contributed by atoms with Crippen LogP contribution in [0.4, 0.5) is 10.2 Å². The molecule has 138 valence electrons. The van der Waals surface area contributed by atoms with Crippen LogP contribution in [-0.2, 0) is 6.42 Å². The fourth-order valence-electron chi connectivity index (χ4n) is 3.29. The van der Waals surface area contributed by atoms with Crippen molar-refractivity contribution < 1.29 is 9.18 Å². The van der Waals surface area contributed by atoms with E-state index in [1.54, 1.807) is 25.1 Å². The van der Waals surface area contributed by atoms with Crippen molar-refractivity contribution in [3.63, 3.8) is 0 Å². The Morgan fingerprint density at radius 1 is 1.31 bits per heavy atom. The van der Waals surface area contributed by atoms with Crippen LogP contribution in [0.2, 0.25) is 0 Å². The second kappa shape index (κ2) is 8.25. The number of hydrogen-bond donors (Lipinski definition) is 1. The molecule has 6 heteroatoms. The van der Waals surface area contributed by atoms with Crippen LogP contribution in [0, 0.1) is 18.7 Å². The molecule has 1 aliphatic heterocycles. The lowest BCUT2D eigenvalue weighted by atomic mass is 10.00. The molecule has 1 fully saturated rings. The van der Waals surface area contributed by atoms with Gasteiger partial charge in [0.15, 0.2) is 0 Å². The predicted octanol–water partition coefficient (Wildman–Crippen LogP) is 3.45. The lowest BCUT2D eigenvalue weighted by molar-refractivity contribution is 0.0676. The molecule has 0 radical (unpaired) electrons. The number of anilines is 1. The van der Waals surface area contributed by atoms with Crippen LogP contribution in [0.25, 0.3) is 0 Å². The van der Waals surface area contributed by atoms with Crippen LogP contribution in [0.5, 0.6) is 0 Å². The third-order valence-electron chi connectivity index (χ3n) is 4.63. The fourth-order valence-corrected chi connectivity index (χ4v) is 3.29. The molecule has 0 aliphatic carbocycles. The summed E-state index contributed by atoms with van der Waals surface area (Å²) in [5.41, 5.74) is 1.49. The first-order valence-electron chi connectivity index (χ1n) is 9.14. The molecule has 5 nitrogen and oxygen atoms in total. The number of nitrogens with zero attached hydrogens (tertiary/aromatic N) is 3. The maximum atomic E-state index is 12.9. The van der Waals surface area contributed by atoms with Crippen molar-refractivity contribution in [3.05, 3.63) is 53.2 Å². The van der Waals surface area contributed by atoms with Crippen LogP contribution >= 0.6 is 0 Å². The third kappa shape index (κ3) is 4.77. The molecule has 0 bridgehead atoms. The molecule has 2 heterocycles. The first kappa shape index (κ1) is 18.3. The molecule has 1 aromatic heterocycles. The van der Waals surface area contributed by atoms with Gasteiger partial charge in [0.2, 0.25) is 0 Å². The minimum Gasteiger partial charge on any atom is -0.370 e. The Balaban J connectivity index is 1.63. The number of aromatic nitrogens is 2. The summed E-state index contributed by atoms with van der Waals surface area (Å²) in [6.07, 6.45) is 2.96. The number of carbonyl (C=O) groups is 1. The molecular formula is C20H25FN4O. The third-order valence-corrected chi connectivity index (χ3v) is 4.63. The molecule has 1 aromatic carbocycles. The molecule has 1 aliphatic rings. The van der Waals surface area contributed by atoms with Gasteiger partial charge in [-0.05, 0) is 49.8 Å². The summed E-state index contributed by atoms with van der Waals surface area (Å²) in [6.45, 7) is 6.19. The Bertz CT molecular complexity index is 763. The van der Waals surface area contributed by atoms with Gasteiger partial charge >= 0.3 is 0 Å². The fraction of sp³-hybridized carbons (Fsp3) is 0.450. The highest BCUT2D eigenvalue weighted by molar-refractivity contribution is 5.93. The number of benzene rings is 1. The van der Waals surface area contributed by atoms with Crippen LogP contribution in [-0.4, -0.2) is 40.4 Å². The molecule has 1 unspecified atom stereocenters. The summed E-state index contributed by atoms with van der Waals surface area (Å²) in [5, 5.41) is 3.24. The molecule has 0 spiro atoms. The van der Waals surface area contributed by atoms with Gasteiger partial charge in [-0.1, -0.05) is 19.1 Å². The van der Waals surface area contributed by atoms with Gasteiger partial charge in [0.25, 0.3) is 5.91 Å². The maximum absolute atomic E-state index is 12.9. The second-order valence-corrected chi connectivity index (χ2v) is 6.99. The maximum Gasteiger partial charge on any atom is 0.272 e. The predicted molar refractivity (Wildman–Crippen MR) is 99.7 cm³/mol. The van der Waals surface area contributed by atoms with E-state index in [9.17, 15) is 9.18 Å². The Labute approximate surface area is 153 Å². The molecule has 0 saturated carbocycles. The van der Waals surface area contributed by atoms with Crippen molar-refractivity contribution in [2.75, 3.05) is 25.0 Å². The second-order valence-electron chi connectivity index (χ2n) is 6.99. The van der Waals surface area contributed by atoms with E-state index >= 15 is 0 Å². The van der Waals surface area contributed by atoms with E-state index in [1.165, 1.54) is 18.6 Å². The van der Waals surface area contributed by atoms with E-state index < -0.39 is 0 Å². The SMILES string of the molecule is Cc1nc(NCCc2ccc(F)cc2)cc(C(=O)N2CCCC(C)C2)n1. The summed E-state index contributed by atoms with van der Waals surface area (Å²) in [7, 11) is 0. The average Bonchev–Trinajstić information content (AvgIpc) is 2.62. The van der Waals surface area contributed by atoms with Crippen molar-refractivity contribution in [3.8, 4) is 0 Å². The van der Waals surface area contributed by atoms with Crippen LogP contribution in [0.15, 0.2) is 30.3 Å². The van der Waals surface area contributed by atoms with Gasteiger partial charge in [-0.2, -0.15) is 0 Å². The number of likely N-dealkylation sites (tertiary alicyclic amines) is 1. The van der Waals surface area contributed by atoms with E-state index in [0.29, 0.717) is 29.8 Å². The standard InChI is InChI=1S/C20H25FN4O/c1-14-4-3-11-25(13-14)20(26)18-12-19(24-15(2)23-18)22-10-9-16-5-7-17(21)8-6-16/h5-8,12,14H,3-4,9-11,13H2,1-2H3,(H,22,23,24). The Morgan fingerprint density at radius 3 is 2.81 bits per heavy atom. The highest BCUT2D eigenvalue weighted by Crippen LogP contribution is 2.18. The Hall–Kier alpha value is -2.50. The Morgan fingerprint density at radius 2 is 2.08 bits per heavy atom. The normalized spacial score (nSPS) is 17.2. The van der Waals surface area contributed by atoms with Gasteiger partial charge in [0, 0.05) is 25.7 Å². The first-order valence-corrected chi connectivity index (χ1v) is 9.14. The van der Waals surface area contributed by atoms with Gasteiger partial charge in [-0.25, -0.2) is 14.4 Å². The summed E-state index contributed by atoms with van der Waals surface area (Å²) in [4.78, 5) is 23.3. The van der Waals surface area contributed by atoms with Crippen molar-refractivity contribution in [2.45, 2.75) is 33.1 Å². The molecule has 1 saturated heterocycles. The van der Waals surface area contributed by atoms with Crippen molar-refractivity contribution in [2.24, 2.45) is 5.92 Å². The largest absolute Gasteiger partial charge is 0.370 e.